The van der Waals surface area contributed by atoms with Gasteiger partial charge in [-0.1, -0.05) is 0 Å². The Balaban J connectivity index is 2.59. The van der Waals surface area contributed by atoms with E-state index in [4.69, 9.17) is 0 Å². The van der Waals surface area contributed by atoms with E-state index in [2.05, 4.69) is 15.3 Å². The molecule has 0 aliphatic rings. The predicted molar refractivity (Wildman–Crippen MR) is 45.9 cm³/mol. The van der Waals surface area contributed by atoms with E-state index in [1.165, 1.54) is 19.3 Å². The molecule has 13 heavy (non-hydrogen) atoms. The molecule has 0 saturated heterocycles. The molecule has 1 N–H and O–H groups in total. The van der Waals surface area contributed by atoms with Crippen molar-refractivity contribution < 1.29 is 8.78 Å². The van der Waals surface area contributed by atoms with Crippen LogP contribution in [0.1, 0.15) is 12.7 Å². The van der Waals surface area contributed by atoms with Gasteiger partial charge in [-0.15, -0.1) is 0 Å². The van der Waals surface area contributed by atoms with Gasteiger partial charge >= 0.3 is 0 Å². The van der Waals surface area contributed by atoms with Gasteiger partial charge in [0.25, 0.3) is 6.43 Å². The van der Waals surface area contributed by atoms with E-state index < -0.39 is 12.5 Å². The molecule has 1 aromatic rings. The van der Waals surface area contributed by atoms with Gasteiger partial charge in [0.2, 0.25) is 0 Å². The molecule has 0 spiro atoms. The monoisotopic (exact) mass is 187 g/mol. The summed E-state index contributed by atoms with van der Waals surface area (Å²) in [6, 6.07) is -0.883. The van der Waals surface area contributed by atoms with Gasteiger partial charge in [0, 0.05) is 0 Å². The van der Waals surface area contributed by atoms with Gasteiger partial charge in [0.1, 0.15) is 5.82 Å². The summed E-state index contributed by atoms with van der Waals surface area (Å²) >= 11 is 0. The molecule has 0 bridgehead atoms. The Morgan fingerprint density at radius 1 is 1.31 bits per heavy atom. The lowest BCUT2D eigenvalue weighted by molar-refractivity contribution is 0.130. The second-order valence-electron chi connectivity index (χ2n) is 2.79. The lowest BCUT2D eigenvalue weighted by Gasteiger charge is -2.12. The number of nitrogens with zero attached hydrogens (tertiary/aromatic N) is 2. The van der Waals surface area contributed by atoms with Crippen molar-refractivity contribution in [2.24, 2.45) is 0 Å². The zero-order valence-corrected chi connectivity index (χ0v) is 7.46. The van der Waals surface area contributed by atoms with Crippen LogP contribution < -0.4 is 5.32 Å². The minimum atomic E-state index is -2.39. The predicted octanol–water partition coefficient (Wildman–Crippen LogP) is 1.85. The fraction of sp³-hybridized carbons (Fsp3) is 0.500. The Bertz CT molecular complexity index is 261. The highest BCUT2D eigenvalue weighted by molar-refractivity contribution is 5.38. The average Bonchev–Trinajstić information content (AvgIpc) is 2.08. The molecule has 1 heterocycles. The molecule has 3 nitrogen and oxygen atoms in total. The summed E-state index contributed by atoms with van der Waals surface area (Å²) in [5, 5.41) is 2.59. The molecule has 0 radical (unpaired) electrons. The van der Waals surface area contributed by atoms with Crippen LogP contribution in [0.25, 0.3) is 0 Å². The number of hydrogen-bond acceptors (Lipinski definition) is 3. The molecule has 1 aromatic heterocycles. The zero-order chi connectivity index (χ0) is 9.84. The van der Waals surface area contributed by atoms with Crippen molar-refractivity contribution in [1.82, 2.24) is 9.97 Å². The van der Waals surface area contributed by atoms with Crippen molar-refractivity contribution in [3.63, 3.8) is 0 Å². The van der Waals surface area contributed by atoms with Crippen LogP contribution in [0, 0.1) is 6.92 Å². The summed E-state index contributed by atoms with van der Waals surface area (Å²) in [6.45, 7) is 3.14. The number of rotatable bonds is 3. The lowest BCUT2D eigenvalue weighted by atomic mass is 10.3. The van der Waals surface area contributed by atoms with Crippen LogP contribution in [0.2, 0.25) is 0 Å². The summed E-state index contributed by atoms with van der Waals surface area (Å²) < 4.78 is 24.2. The smallest absolute Gasteiger partial charge is 0.258 e. The molecule has 1 rings (SSSR count). The summed E-state index contributed by atoms with van der Waals surface area (Å²) in [4.78, 5) is 7.75. The maximum atomic E-state index is 12.1. The molecule has 0 fully saturated rings. The van der Waals surface area contributed by atoms with Gasteiger partial charge in [-0.05, 0) is 13.8 Å². The first-order valence-electron chi connectivity index (χ1n) is 3.93. The highest BCUT2D eigenvalue weighted by Crippen LogP contribution is 2.09. The van der Waals surface area contributed by atoms with Crippen molar-refractivity contribution >= 4 is 5.69 Å². The Labute approximate surface area is 75.2 Å². The van der Waals surface area contributed by atoms with Gasteiger partial charge in [-0.3, -0.25) is 0 Å². The fourth-order valence-corrected chi connectivity index (χ4v) is 0.793. The van der Waals surface area contributed by atoms with Crippen LogP contribution in [-0.2, 0) is 0 Å². The Morgan fingerprint density at radius 2 is 1.85 bits per heavy atom. The zero-order valence-electron chi connectivity index (χ0n) is 7.46. The third-order valence-electron chi connectivity index (χ3n) is 1.55. The van der Waals surface area contributed by atoms with Crippen molar-refractivity contribution in [2.75, 3.05) is 5.32 Å². The van der Waals surface area contributed by atoms with Gasteiger partial charge in [-0.25, -0.2) is 18.7 Å². The van der Waals surface area contributed by atoms with Crippen molar-refractivity contribution in [1.29, 1.82) is 0 Å². The van der Waals surface area contributed by atoms with E-state index in [0.29, 0.717) is 11.5 Å². The second kappa shape index (κ2) is 4.11. The SMILES string of the molecule is Cc1ncc(NC(C)C(F)F)cn1. The number of hydrogen-bond donors (Lipinski definition) is 1. The molecular weight excluding hydrogens is 176 g/mol. The summed E-state index contributed by atoms with van der Waals surface area (Å²) in [5.41, 5.74) is 0.512. The quantitative estimate of drug-likeness (QED) is 0.784. The van der Waals surface area contributed by atoms with Crippen LogP contribution in [-0.4, -0.2) is 22.4 Å². The highest BCUT2D eigenvalue weighted by Gasteiger charge is 2.13. The molecule has 0 aliphatic carbocycles. The van der Waals surface area contributed by atoms with Crippen molar-refractivity contribution in [3.8, 4) is 0 Å². The first-order chi connectivity index (χ1) is 6.09. The van der Waals surface area contributed by atoms with E-state index in [0.717, 1.165) is 0 Å². The molecule has 0 aromatic carbocycles. The summed E-state index contributed by atoms with van der Waals surface area (Å²) in [5.74, 6) is 0.621. The third kappa shape index (κ3) is 2.93. The molecule has 0 aliphatic heterocycles. The number of aryl methyl sites for hydroxylation is 1. The number of nitrogens with one attached hydrogen (secondary N) is 1. The molecule has 5 heteroatoms. The van der Waals surface area contributed by atoms with E-state index in [-0.39, 0.29) is 0 Å². The molecule has 72 valence electrons. The lowest BCUT2D eigenvalue weighted by Crippen LogP contribution is -2.23. The van der Waals surface area contributed by atoms with Gasteiger partial charge in [-0.2, -0.15) is 0 Å². The maximum Gasteiger partial charge on any atom is 0.258 e. The number of aromatic nitrogens is 2. The van der Waals surface area contributed by atoms with E-state index in [1.807, 2.05) is 0 Å². The van der Waals surface area contributed by atoms with Crippen LogP contribution in [0.3, 0.4) is 0 Å². The second-order valence-corrected chi connectivity index (χ2v) is 2.79. The van der Waals surface area contributed by atoms with Crippen molar-refractivity contribution in [3.05, 3.63) is 18.2 Å². The Hall–Kier alpha value is -1.26. The van der Waals surface area contributed by atoms with Crippen LogP contribution in [0.15, 0.2) is 12.4 Å². The number of anilines is 1. The minimum absolute atomic E-state index is 0.512. The van der Waals surface area contributed by atoms with E-state index >= 15 is 0 Å². The first kappa shape index (κ1) is 9.83. The largest absolute Gasteiger partial charge is 0.374 e. The average molecular weight is 187 g/mol. The normalized spacial score (nSPS) is 13.0. The molecular formula is C8H11F2N3. The number of alkyl halides is 2. The van der Waals surface area contributed by atoms with Crippen molar-refractivity contribution in [2.45, 2.75) is 26.3 Å². The number of halogens is 2. The molecule has 1 unspecified atom stereocenters. The first-order valence-corrected chi connectivity index (χ1v) is 3.93. The minimum Gasteiger partial charge on any atom is -0.374 e. The standard InChI is InChI=1S/C8H11F2N3/c1-5(8(9)10)13-7-3-11-6(2)12-4-7/h3-5,8,13H,1-2H3. The Kier molecular flexibility index (Phi) is 3.11. The topological polar surface area (TPSA) is 37.8 Å². The third-order valence-corrected chi connectivity index (χ3v) is 1.55. The fourth-order valence-electron chi connectivity index (χ4n) is 0.793. The van der Waals surface area contributed by atoms with E-state index in [1.54, 1.807) is 6.92 Å². The van der Waals surface area contributed by atoms with Gasteiger partial charge in [0.05, 0.1) is 24.1 Å². The Morgan fingerprint density at radius 3 is 2.31 bits per heavy atom. The molecule has 0 amide bonds. The highest BCUT2D eigenvalue weighted by atomic mass is 19.3. The van der Waals surface area contributed by atoms with Crippen LogP contribution in [0.4, 0.5) is 14.5 Å². The molecule has 1 atom stereocenters. The van der Waals surface area contributed by atoms with Gasteiger partial charge in [0.15, 0.2) is 0 Å². The van der Waals surface area contributed by atoms with Crippen LogP contribution >= 0.6 is 0 Å². The summed E-state index contributed by atoms with van der Waals surface area (Å²) in [6.07, 6.45) is 0.587. The van der Waals surface area contributed by atoms with Gasteiger partial charge < -0.3 is 5.32 Å². The molecule has 0 saturated carbocycles. The summed E-state index contributed by atoms with van der Waals surface area (Å²) in [7, 11) is 0. The maximum absolute atomic E-state index is 12.1. The van der Waals surface area contributed by atoms with Crippen LogP contribution in [0.5, 0.6) is 0 Å². The van der Waals surface area contributed by atoms with E-state index in [9.17, 15) is 8.78 Å².